The second-order valence-corrected chi connectivity index (χ2v) is 6.84. The van der Waals surface area contributed by atoms with Crippen LogP contribution < -0.4 is 4.90 Å². The molecule has 0 N–H and O–H groups in total. The zero-order chi connectivity index (χ0) is 16.3. The molecular weight excluding hydrogens is 324 g/mol. The minimum Gasteiger partial charge on any atom is -0.368 e. The molecule has 1 fully saturated rings. The van der Waals surface area contributed by atoms with Gasteiger partial charge < -0.3 is 4.90 Å². The molecule has 124 valence electrons. The highest BCUT2D eigenvalue weighted by Gasteiger charge is 2.31. The molecule has 1 aliphatic heterocycles. The van der Waals surface area contributed by atoms with Crippen molar-refractivity contribution >= 4 is 15.5 Å². The van der Waals surface area contributed by atoms with Crippen molar-refractivity contribution in [2.75, 3.05) is 37.6 Å². The molecule has 0 spiro atoms. The van der Waals surface area contributed by atoms with Gasteiger partial charge in [-0.3, -0.25) is 4.90 Å². The Balaban J connectivity index is 2.18. The minimum absolute atomic E-state index is 0.194. The molecule has 4 nitrogen and oxygen atoms in total. The smallest absolute Gasteiger partial charge is 0.341 e. The average Bonchev–Trinajstić information content (AvgIpc) is 2.47. The first-order valence-corrected chi connectivity index (χ1v) is 8.23. The molecule has 9 heteroatoms. The van der Waals surface area contributed by atoms with E-state index in [1.165, 1.54) is 12.1 Å². The standard InChI is InChI=1S/C13H16F4N2O2S/c14-12(15)9-18-5-7-19(8-6-18)10-3-1-2-4-11(10)22(20,21)13(16)17/h1-4,12-13H,5-9H2. The average molecular weight is 340 g/mol. The molecule has 0 atom stereocenters. The molecule has 0 radical (unpaired) electrons. The third-order valence-electron chi connectivity index (χ3n) is 3.52. The Hall–Kier alpha value is -1.35. The number of sulfone groups is 1. The lowest BCUT2D eigenvalue weighted by Gasteiger charge is -2.36. The molecule has 22 heavy (non-hydrogen) atoms. The predicted molar refractivity (Wildman–Crippen MR) is 74.3 cm³/mol. The van der Waals surface area contributed by atoms with E-state index in [2.05, 4.69) is 0 Å². The molecule has 2 rings (SSSR count). The van der Waals surface area contributed by atoms with Gasteiger partial charge in [-0.1, -0.05) is 12.1 Å². The monoisotopic (exact) mass is 340 g/mol. The largest absolute Gasteiger partial charge is 0.368 e. The minimum atomic E-state index is -4.70. The fraction of sp³-hybridized carbons (Fsp3) is 0.538. The van der Waals surface area contributed by atoms with Gasteiger partial charge in [-0.05, 0) is 12.1 Å². The van der Waals surface area contributed by atoms with E-state index < -0.39 is 26.9 Å². The third kappa shape index (κ3) is 3.70. The molecule has 1 saturated heterocycles. The topological polar surface area (TPSA) is 40.6 Å². The summed E-state index contributed by atoms with van der Waals surface area (Å²) in [6, 6.07) is 5.54. The number of rotatable bonds is 5. The number of benzene rings is 1. The molecule has 1 aromatic carbocycles. The zero-order valence-electron chi connectivity index (χ0n) is 11.6. The summed E-state index contributed by atoms with van der Waals surface area (Å²) in [5.74, 6) is -3.49. The first-order chi connectivity index (χ1) is 10.3. The van der Waals surface area contributed by atoms with E-state index in [1.54, 1.807) is 15.9 Å². The Morgan fingerprint density at radius 1 is 1.00 bits per heavy atom. The van der Waals surface area contributed by atoms with Gasteiger partial charge in [-0.2, -0.15) is 8.78 Å². The highest BCUT2D eigenvalue weighted by molar-refractivity contribution is 7.91. The number of nitrogens with zero attached hydrogens (tertiary/aromatic N) is 2. The molecule has 0 saturated carbocycles. The highest BCUT2D eigenvalue weighted by Crippen LogP contribution is 2.29. The summed E-state index contributed by atoms with van der Waals surface area (Å²) in [6.07, 6.45) is -2.43. The van der Waals surface area contributed by atoms with Crippen LogP contribution in [-0.4, -0.2) is 58.2 Å². The number of halogens is 4. The van der Waals surface area contributed by atoms with Crippen molar-refractivity contribution in [1.29, 1.82) is 0 Å². The van der Waals surface area contributed by atoms with Gasteiger partial charge in [0.1, 0.15) is 0 Å². The Bertz CT molecular complexity index is 602. The van der Waals surface area contributed by atoms with Crippen LogP contribution in [0.15, 0.2) is 29.2 Å². The van der Waals surface area contributed by atoms with Crippen molar-refractivity contribution < 1.29 is 26.0 Å². The Labute approximate surface area is 126 Å². The van der Waals surface area contributed by atoms with Gasteiger partial charge >= 0.3 is 5.76 Å². The second kappa shape index (κ2) is 6.82. The molecule has 0 unspecified atom stereocenters. The van der Waals surface area contributed by atoms with Crippen LogP contribution in [0.2, 0.25) is 0 Å². The molecule has 1 aromatic rings. The maximum atomic E-state index is 12.8. The lowest BCUT2D eigenvalue weighted by atomic mass is 10.2. The lowest BCUT2D eigenvalue weighted by Crippen LogP contribution is -2.48. The normalized spacial score (nSPS) is 17.5. The van der Waals surface area contributed by atoms with Gasteiger partial charge in [0.25, 0.3) is 6.43 Å². The summed E-state index contributed by atoms with van der Waals surface area (Å²) >= 11 is 0. The third-order valence-corrected chi connectivity index (χ3v) is 4.94. The van der Waals surface area contributed by atoms with Crippen LogP contribution in [0.4, 0.5) is 23.2 Å². The van der Waals surface area contributed by atoms with Gasteiger partial charge in [0.05, 0.1) is 17.1 Å². The summed E-state index contributed by atoms with van der Waals surface area (Å²) in [4.78, 5) is 2.77. The summed E-state index contributed by atoms with van der Waals surface area (Å²) < 4.78 is 73.6. The fourth-order valence-corrected chi connectivity index (χ4v) is 3.37. The van der Waals surface area contributed by atoms with Crippen molar-refractivity contribution in [1.82, 2.24) is 4.90 Å². The van der Waals surface area contributed by atoms with E-state index in [0.29, 0.717) is 26.2 Å². The number of para-hydroxylation sites is 1. The number of alkyl halides is 4. The van der Waals surface area contributed by atoms with E-state index >= 15 is 0 Å². The predicted octanol–water partition coefficient (Wildman–Crippen LogP) is 2.07. The van der Waals surface area contributed by atoms with Crippen molar-refractivity contribution in [3.8, 4) is 0 Å². The number of anilines is 1. The highest BCUT2D eigenvalue weighted by atomic mass is 32.2. The molecule has 0 aromatic heterocycles. The Kier molecular flexibility index (Phi) is 5.28. The first kappa shape index (κ1) is 17.0. The van der Waals surface area contributed by atoms with Crippen LogP contribution in [0.25, 0.3) is 0 Å². The zero-order valence-corrected chi connectivity index (χ0v) is 12.4. The van der Waals surface area contributed by atoms with Crippen LogP contribution in [0.3, 0.4) is 0 Å². The summed E-state index contributed by atoms with van der Waals surface area (Å²) in [7, 11) is -4.70. The molecule has 1 heterocycles. The summed E-state index contributed by atoms with van der Waals surface area (Å²) in [5, 5.41) is 0. The van der Waals surface area contributed by atoms with E-state index in [4.69, 9.17) is 0 Å². The van der Waals surface area contributed by atoms with Crippen molar-refractivity contribution in [3.05, 3.63) is 24.3 Å². The maximum absolute atomic E-state index is 12.8. The Morgan fingerprint density at radius 3 is 2.14 bits per heavy atom. The van der Waals surface area contributed by atoms with Crippen molar-refractivity contribution in [2.45, 2.75) is 17.1 Å². The molecule has 0 bridgehead atoms. The first-order valence-electron chi connectivity index (χ1n) is 6.69. The van der Waals surface area contributed by atoms with Gasteiger partial charge in [0, 0.05) is 26.2 Å². The molecule has 0 aliphatic carbocycles. The fourth-order valence-electron chi connectivity index (χ4n) is 2.42. The van der Waals surface area contributed by atoms with Gasteiger partial charge in [0.15, 0.2) is 0 Å². The lowest BCUT2D eigenvalue weighted by molar-refractivity contribution is 0.0854. The molecular formula is C13H16F4N2O2S. The van der Waals surface area contributed by atoms with Crippen LogP contribution in [-0.2, 0) is 9.84 Å². The number of piperazine rings is 1. The molecule has 0 amide bonds. The van der Waals surface area contributed by atoms with E-state index in [-0.39, 0.29) is 12.2 Å². The summed E-state index contributed by atoms with van der Waals surface area (Å²) in [5.41, 5.74) is 0.194. The molecule has 1 aliphatic rings. The van der Waals surface area contributed by atoms with E-state index in [1.807, 2.05) is 0 Å². The van der Waals surface area contributed by atoms with Gasteiger partial charge in [0.2, 0.25) is 9.84 Å². The van der Waals surface area contributed by atoms with Gasteiger partial charge in [-0.25, -0.2) is 17.2 Å². The summed E-state index contributed by atoms with van der Waals surface area (Å²) in [6.45, 7) is 0.927. The van der Waals surface area contributed by atoms with Crippen molar-refractivity contribution in [2.24, 2.45) is 0 Å². The van der Waals surface area contributed by atoms with Crippen LogP contribution in [0, 0.1) is 0 Å². The maximum Gasteiger partial charge on any atom is 0.341 e. The quantitative estimate of drug-likeness (QED) is 0.770. The van der Waals surface area contributed by atoms with Crippen molar-refractivity contribution in [3.63, 3.8) is 0 Å². The van der Waals surface area contributed by atoms with Crippen LogP contribution in [0.1, 0.15) is 0 Å². The van der Waals surface area contributed by atoms with Crippen LogP contribution in [0.5, 0.6) is 0 Å². The second-order valence-electron chi connectivity index (χ2n) is 4.95. The van der Waals surface area contributed by atoms with E-state index in [0.717, 1.165) is 6.07 Å². The van der Waals surface area contributed by atoms with E-state index in [9.17, 15) is 26.0 Å². The number of hydrogen-bond acceptors (Lipinski definition) is 4. The Morgan fingerprint density at radius 2 is 1.59 bits per heavy atom. The van der Waals surface area contributed by atoms with Crippen LogP contribution >= 0.6 is 0 Å². The SMILES string of the molecule is O=S(=O)(c1ccccc1N1CCN(CC(F)F)CC1)C(F)F. The number of hydrogen-bond donors (Lipinski definition) is 0. The van der Waals surface area contributed by atoms with Gasteiger partial charge in [-0.15, -0.1) is 0 Å².